The van der Waals surface area contributed by atoms with Crippen LogP contribution in [0.1, 0.15) is 32.4 Å². The molecular weight excluding hydrogens is 432 g/mol. The predicted molar refractivity (Wildman–Crippen MR) is 133 cm³/mol. The Labute approximate surface area is 198 Å². The molecule has 0 saturated heterocycles. The molecule has 0 aliphatic heterocycles. The van der Waals surface area contributed by atoms with Crippen LogP contribution < -0.4 is 20.3 Å². The van der Waals surface area contributed by atoms with Crippen LogP contribution in [0.5, 0.6) is 11.5 Å². The molecule has 0 bridgehead atoms. The smallest absolute Gasteiger partial charge is 0.291 e. The summed E-state index contributed by atoms with van der Waals surface area (Å²) in [5.74, 6) is 1.27. The second kappa shape index (κ2) is 9.99. The molecule has 0 spiro atoms. The molecule has 34 heavy (non-hydrogen) atoms. The molecule has 1 N–H and O–H groups in total. The predicted octanol–water partition coefficient (Wildman–Crippen LogP) is 3.61. The topological polar surface area (TPSA) is 87.4 Å². The normalized spacial score (nSPS) is 12.1. The van der Waals surface area contributed by atoms with Crippen LogP contribution in [0.3, 0.4) is 0 Å². The van der Waals surface area contributed by atoms with E-state index in [9.17, 15) is 9.59 Å². The maximum Gasteiger partial charge on any atom is 0.291 e. The van der Waals surface area contributed by atoms with Crippen molar-refractivity contribution in [3.8, 4) is 11.5 Å². The van der Waals surface area contributed by atoms with E-state index < -0.39 is 6.04 Å². The molecule has 1 unspecified atom stereocenters. The molecule has 2 aromatic carbocycles. The number of aromatic nitrogens is 3. The van der Waals surface area contributed by atoms with Crippen LogP contribution >= 0.6 is 0 Å². The highest BCUT2D eigenvalue weighted by Gasteiger charge is 2.23. The number of fused-ring (bicyclic) bond motifs is 3. The number of carbonyl (C=O) groups excluding carboxylic acids is 1. The van der Waals surface area contributed by atoms with Crippen molar-refractivity contribution in [2.45, 2.75) is 33.2 Å². The fourth-order valence-corrected chi connectivity index (χ4v) is 4.24. The number of ether oxygens (including phenoxy) is 2. The van der Waals surface area contributed by atoms with Gasteiger partial charge in [0.15, 0.2) is 11.5 Å². The summed E-state index contributed by atoms with van der Waals surface area (Å²) in [7, 11) is 1.61. The molecule has 8 heteroatoms. The average Bonchev–Trinajstić information content (AvgIpc) is 3.17. The van der Waals surface area contributed by atoms with Gasteiger partial charge in [0.1, 0.15) is 11.6 Å². The number of rotatable bonds is 9. The summed E-state index contributed by atoms with van der Waals surface area (Å²) in [6.45, 7) is 7.25. The highest BCUT2D eigenvalue weighted by Crippen LogP contribution is 2.30. The van der Waals surface area contributed by atoms with Crippen LogP contribution in [0.15, 0.2) is 53.5 Å². The molecular formula is C26H30N4O4. The number of hydrogen-bond donors (Lipinski definition) is 1. The van der Waals surface area contributed by atoms with Gasteiger partial charge in [-0.05, 0) is 51.0 Å². The zero-order valence-corrected chi connectivity index (χ0v) is 20.0. The Morgan fingerprint density at radius 1 is 1.06 bits per heavy atom. The highest BCUT2D eigenvalue weighted by molar-refractivity contribution is 6.08. The van der Waals surface area contributed by atoms with E-state index in [1.165, 1.54) is 4.68 Å². The monoisotopic (exact) mass is 462 g/mol. The van der Waals surface area contributed by atoms with Crippen molar-refractivity contribution < 1.29 is 14.3 Å². The first-order valence-electron chi connectivity index (χ1n) is 11.6. The van der Waals surface area contributed by atoms with Crippen LogP contribution in [0, 0.1) is 0 Å². The van der Waals surface area contributed by atoms with Gasteiger partial charge in [-0.15, -0.1) is 0 Å². The number of nitrogens with zero attached hydrogens (tertiary/aromatic N) is 3. The molecule has 2 aromatic heterocycles. The number of carbonyl (C=O) groups is 1. The van der Waals surface area contributed by atoms with Gasteiger partial charge in [0.05, 0.1) is 24.9 Å². The van der Waals surface area contributed by atoms with Crippen LogP contribution in [-0.4, -0.2) is 40.0 Å². The fraction of sp³-hybridized carbons (Fsp3) is 0.346. The lowest BCUT2D eigenvalue weighted by Crippen LogP contribution is -2.33. The Bertz CT molecular complexity index is 1390. The molecule has 0 fully saturated rings. The van der Waals surface area contributed by atoms with Gasteiger partial charge in [0, 0.05) is 24.4 Å². The first-order chi connectivity index (χ1) is 16.5. The van der Waals surface area contributed by atoms with E-state index in [1.807, 2.05) is 67.8 Å². The van der Waals surface area contributed by atoms with E-state index >= 15 is 0 Å². The molecule has 178 valence electrons. The molecule has 4 rings (SSSR count). The largest absolute Gasteiger partial charge is 0.490 e. The van der Waals surface area contributed by atoms with Crippen molar-refractivity contribution in [1.29, 1.82) is 0 Å². The van der Waals surface area contributed by atoms with Gasteiger partial charge >= 0.3 is 0 Å². The first kappa shape index (κ1) is 23.4. The second-order valence-electron chi connectivity index (χ2n) is 8.09. The quantitative estimate of drug-likeness (QED) is 0.411. The highest BCUT2D eigenvalue weighted by atomic mass is 16.5. The Morgan fingerprint density at radius 3 is 2.56 bits per heavy atom. The number of aryl methyl sites for hydroxylation is 1. The first-order valence-corrected chi connectivity index (χ1v) is 11.6. The maximum absolute atomic E-state index is 13.1. The van der Waals surface area contributed by atoms with Crippen molar-refractivity contribution in [3.63, 3.8) is 0 Å². The van der Waals surface area contributed by atoms with Gasteiger partial charge in [-0.25, -0.2) is 4.68 Å². The Balaban J connectivity index is 1.54. The number of para-hydroxylation sites is 1. The summed E-state index contributed by atoms with van der Waals surface area (Å²) in [4.78, 5) is 26.1. The van der Waals surface area contributed by atoms with Gasteiger partial charge in [0.2, 0.25) is 5.91 Å². The molecule has 0 aliphatic rings. The van der Waals surface area contributed by atoms with Gasteiger partial charge in [-0.1, -0.05) is 24.3 Å². The standard InChI is InChI=1S/C26H30N4O4/c1-5-33-22-12-11-18(15-23(22)34-6-2)13-14-27-25(31)17(3)30-21-10-8-7-9-19(21)20-16-28-29(4)26(32)24(20)30/h7-12,15-17H,5-6,13-14H2,1-4H3,(H,27,31). The van der Waals surface area contributed by atoms with E-state index in [0.717, 1.165) is 21.9 Å². The summed E-state index contributed by atoms with van der Waals surface area (Å²) in [5, 5.41) is 8.83. The second-order valence-corrected chi connectivity index (χ2v) is 8.09. The van der Waals surface area contributed by atoms with E-state index in [4.69, 9.17) is 9.47 Å². The Kier molecular flexibility index (Phi) is 6.86. The van der Waals surface area contributed by atoms with E-state index in [0.29, 0.717) is 43.2 Å². The van der Waals surface area contributed by atoms with E-state index in [1.54, 1.807) is 13.2 Å². The van der Waals surface area contributed by atoms with Gasteiger partial charge in [0.25, 0.3) is 5.56 Å². The molecule has 1 amide bonds. The molecule has 2 heterocycles. The van der Waals surface area contributed by atoms with Crippen LogP contribution in [0.2, 0.25) is 0 Å². The molecule has 4 aromatic rings. The molecule has 1 atom stereocenters. The van der Waals surface area contributed by atoms with Crippen LogP contribution in [-0.2, 0) is 18.3 Å². The molecule has 0 radical (unpaired) electrons. The van der Waals surface area contributed by atoms with E-state index in [-0.39, 0.29) is 11.5 Å². The SMILES string of the molecule is CCOc1ccc(CCNC(=O)C(C)n2c3ccccc3c3cnn(C)c(=O)c32)cc1OCC. The number of nitrogens with one attached hydrogen (secondary N) is 1. The minimum Gasteiger partial charge on any atom is -0.490 e. The average molecular weight is 463 g/mol. The third kappa shape index (κ3) is 4.35. The van der Waals surface area contributed by atoms with Crippen LogP contribution in [0.4, 0.5) is 0 Å². The third-order valence-electron chi connectivity index (χ3n) is 5.89. The molecule has 0 saturated carbocycles. The summed E-state index contributed by atoms with van der Waals surface area (Å²) < 4.78 is 14.4. The zero-order valence-electron chi connectivity index (χ0n) is 20.0. The minimum absolute atomic E-state index is 0.155. The number of amides is 1. The van der Waals surface area contributed by atoms with Crippen molar-refractivity contribution >= 4 is 27.7 Å². The summed E-state index contributed by atoms with van der Waals surface area (Å²) >= 11 is 0. The van der Waals surface area contributed by atoms with Gasteiger partial charge in [-0.2, -0.15) is 5.10 Å². The lowest BCUT2D eigenvalue weighted by atomic mass is 10.1. The number of benzene rings is 2. The van der Waals surface area contributed by atoms with Gasteiger partial charge < -0.3 is 19.4 Å². The van der Waals surface area contributed by atoms with Crippen molar-refractivity contribution in [1.82, 2.24) is 19.7 Å². The van der Waals surface area contributed by atoms with Crippen molar-refractivity contribution in [2.24, 2.45) is 7.05 Å². The van der Waals surface area contributed by atoms with Crippen molar-refractivity contribution in [3.05, 3.63) is 64.6 Å². The van der Waals surface area contributed by atoms with Crippen molar-refractivity contribution in [2.75, 3.05) is 19.8 Å². The molecule has 0 aliphatic carbocycles. The van der Waals surface area contributed by atoms with Gasteiger partial charge in [-0.3, -0.25) is 9.59 Å². The minimum atomic E-state index is -0.572. The Hall–Kier alpha value is -3.81. The Morgan fingerprint density at radius 2 is 1.79 bits per heavy atom. The van der Waals surface area contributed by atoms with Crippen LogP contribution in [0.25, 0.3) is 21.8 Å². The maximum atomic E-state index is 13.1. The zero-order chi connectivity index (χ0) is 24.2. The third-order valence-corrected chi connectivity index (χ3v) is 5.89. The summed E-state index contributed by atoms with van der Waals surface area (Å²) in [6, 6.07) is 13.0. The lowest BCUT2D eigenvalue weighted by molar-refractivity contribution is -0.123. The summed E-state index contributed by atoms with van der Waals surface area (Å²) in [5.41, 5.74) is 2.12. The lowest BCUT2D eigenvalue weighted by Gasteiger charge is -2.17. The summed E-state index contributed by atoms with van der Waals surface area (Å²) in [6.07, 6.45) is 2.33. The molecule has 8 nitrogen and oxygen atoms in total. The van der Waals surface area contributed by atoms with E-state index in [2.05, 4.69) is 10.4 Å². The fourth-order valence-electron chi connectivity index (χ4n) is 4.24. The number of hydrogen-bond acceptors (Lipinski definition) is 5.